The van der Waals surface area contributed by atoms with Crippen molar-refractivity contribution in [3.05, 3.63) is 11.3 Å². The number of aromatic nitrogens is 2. The molecule has 0 radical (unpaired) electrons. The van der Waals surface area contributed by atoms with Crippen molar-refractivity contribution in [1.82, 2.24) is 15.1 Å². The molecule has 1 unspecified atom stereocenters. The van der Waals surface area contributed by atoms with Gasteiger partial charge in [-0.05, 0) is 33.2 Å². The predicted octanol–water partition coefficient (Wildman–Crippen LogP) is 2.61. The quantitative estimate of drug-likeness (QED) is 0.907. The van der Waals surface area contributed by atoms with E-state index in [9.17, 15) is 0 Å². The molecule has 0 aromatic carbocycles. The molecule has 1 N–H and O–H groups in total. The summed E-state index contributed by atoms with van der Waals surface area (Å²) >= 11 is 0. The minimum absolute atomic E-state index is 0.674. The second-order valence-corrected chi connectivity index (χ2v) is 5.65. The van der Waals surface area contributed by atoms with Crippen molar-refractivity contribution in [2.24, 2.45) is 7.05 Å². The summed E-state index contributed by atoms with van der Waals surface area (Å²) in [6.45, 7) is 6.51. The van der Waals surface area contributed by atoms with Crippen LogP contribution >= 0.6 is 0 Å². The number of nitrogens with one attached hydrogen (secondary N) is 1. The fourth-order valence-electron chi connectivity index (χ4n) is 3.31. The van der Waals surface area contributed by atoms with Gasteiger partial charge in [0.05, 0.1) is 5.69 Å². The van der Waals surface area contributed by atoms with E-state index in [0.29, 0.717) is 6.04 Å². The molecule has 0 bridgehead atoms. The van der Waals surface area contributed by atoms with Crippen LogP contribution < -0.4 is 10.2 Å². The van der Waals surface area contributed by atoms with Crippen molar-refractivity contribution in [2.75, 3.05) is 18.5 Å². The highest BCUT2D eigenvalue weighted by Gasteiger charge is 2.25. The zero-order chi connectivity index (χ0) is 13.8. The minimum atomic E-state index is 0.674. The van der Waals surface area contributed by atoms with Gasteiger partial charge >= 0.3 is 0 Å². The van der Waals surface area contributed by atoms with Gasteiger partial charge in [-0.2, -0.15) is 5.10 Å². The zero-order valence-electron chi connectivity index (χ0n) is 12.9. The van der Waals surface area contributed by atoms with Gasteiger partial charge in [-0.15, -0.1) is 0 Å². The first-order valence-corrected chi connectivity index (χ1v) is 7.62. The van der Waals surface area contributed by atoms with Crippen molar-refractivity contribution in [3.8, 4) is 0 Å². The monoisotopic (exact) mass is 264 g/mol. The highest BCUT2D eigenvalue weighted by molar-refractivity contribution is 5.51. The predicted molar refractivity (Wildman–Crippen MR) is 80.6 cm³/mol. The second kappa shape index (κ2) is 6.42. The van der Waals surface area contributed by atoms with Gasteiger partial charge in [0.25, 0.3) is 0 Å². The Morgan fingerprint density at radius 1 is 1.32 bits per heavy atom. The lowest BCUT2D eigenvalue weighted by Gasteiger charge is -2.32. The number of hydrogen-bond donors (Lipinski definition) is 1. The topological polar surface area (TPSA) is 33.1 Å². The summed E-state index contributed by atoms with van der Waals surface area (Å²) in [6, 6.07) is 0.674. The molecule has 1 saturated heterocycles. The van der Waals surface area contributed by atoms with Crippen molar-refractivity contribution >= 4 is 5.82 Å². The van der Waals surface area contributed by atoms with E-state index >= 15 is 0 Å². The SMILES string of the molecule is CCC1CCCCCN1c1c(CNC)c(C)nn1C. The first-order chi connectivity index (χ1) is 9.19. The first-order valence-electron chi connectivity index (χ1n) is 7.62. The van der Waals surface area contributed by atoms with E-state index in [1.54, 1.807) is 0 Å². The molecule has 108 valence electrons. The van der Waals surface area contributed by atoms with Crippen molar-refractivity contribution in [1.29, 1.82) is 0 Å². The lowest BCUT2D eigenvalue weighted by atomic mass is 10.1. The normalized spacial score (nSPS) is 20.6. The molecule has 1 aliphatic heterocycles. The summed E-state index contributed by atoms with van der Waals surface area (Å²) in [7, 11) is 4.09. The van der Waals surface area contributed by atoms with Crippen molar-refractivity contribution in [2.45, 2.75) is 58.5 Å². The van der Waals surface area contributed by atoms with Crippen LogP contribution in [0.25, 0.3) is 0 Å². The zero-order valence-corrected chi connectivity index (χ0v) is 12.9. The molecule has 19 heavy (non-hydrogen) atoms. The van der Waals surface area contributed by atoms with Crippen LogP contribution in [0, 0.1) is 6.92 Å². The minimum Gasteiger partial charge on any atom is -0.354 e. The van der Waals surface area contributed by atoms with E-state index in [2.05, 4.69) is 40.9 Å². The summed E-state index contributed by atoms with van der Waals surface area (Å²) in [5.74, 6) is 1.33. The van der Waals surface area contributed by atoms with Crippen LogP contribution in [0.3, 0.4) is 0 Å². The number of aryl methyl sites for hydroxylation is 2. The molecule has 1 atom stereocenters. The molecule has 0 aliphatic carbocycles. The average Bonchev–Trinajstić information content (AvgIpc) is 2.58. The third kappa shape index (κ3) is 2.94. The summed E-state index contributed by atoms with van der Waals surface area (Å²) in [4.78, 5) is 2.61. The standard InChI is InChI=1S/C15H28N4/c1-5-13-9-7-6-8-10-19(13)15-14(11-16-3)12(2)17-18(15)4/h13,16H,5-11H2,1-4H3. The van der Waals surface area contributed by atoms with E-state index in [1.165, 1.54) is 50.0 Å². The van der Waals surface area contributed by atoms with Crippen LogP contribution in [0.5, 0.6) is 0 Å². The molecular weight excluding hydrogens is 236 g/mol. The van der Waals surface area contributed by atoms with Gasteiger partial charge in [0, 0.05) is 31.7 Å². The number of rotatable bonds is 4. The Morgan fingerprint density at radius 2 is 2.11 bits per heavy atom. The highest BCUT2D eigenvalue weighted by atomic mass is 15.4. The fraction of sp³-hybridized carbons (Fsp3) is 0.800. The Hall–Kier alpha value is -1.03. The number of hydrogen-bond acceptors (Lipinski definition) is 3. The number of nitrogens with zero attached hydrogens (tertiary/aromatic N) is 3. The molecule has 1 aliphatic rings. The average molecular weight is 264 g/mol. The summed E-state index contributed by atoms with van der Waals surface area (Å²) in [6.07, 6.45) is 6.58. The smallest absolute Gasteiger partial charge is 0.131 e. The van der Waals surface area contributed by atoms with Crippen molar-refractivity contribution < 1.29 is 0 Å². The van der Waals surface area contributed by atoms with Crippen LogP contribution in [0.4, 0.5) is 5.82 Å². The highest BCUT2D eigenvalue weighted by Crippen LogP contribution is 2.30. The van der Waals surface area contributed by atoms with Gasteiger partial charge in [0.15, 0.2) is 0 Å². The Labute approximate surface area is 117 Å². The van der Waals surface area contributed by atoms with Gasteiger partial charge < -0.3 is 10.2 Å². The van der Waals surface area contributed by atoms with Gasteiger partial charge in [-0.25, -0.2) is 0 Å². The van der Waals surface area contributed by atoms with Crippen LogP contribution in [0.15, 0.2) is 0 Å². The molecule has 2 rings (SSSR count). The van der Waals surface area contributed by atoms with Crippen LogP contribution in [0.1, 0.15) is 50.3 Å². The van der Waals surface area contributed by atoms with Gasteiger partial charge in [0.2, 0.25) is 0 Å². The van der Waals surface area contributed by atoms with Crippen LogP contribution in [0.2, 0.25) is 0 Å². The Bertz CT molecular complexity index is 411. The van der Waals surface area contributed by atoms with E-state index in [1.807, 2.05) is 7.05 Å². The van der Waals surface area contributed by atoms with E-state index in [-0.39, 0.29) is 0 Å². The third-order valence-electron chi connectivity index (χ3n) is 4.29. The number of anilines is 1. The third-order valence-corrected chi connectivity index (χ3v) is 4.29. The largest absolute Gasteiger partial charge is 0.354 e. The Kier molecular flexibility index (Phi) is 4.86. The van der Waals surface area contributed by atoms with Gasteiger partial charge in [-0.3, -0.25) is 4.68 Å². The van der Waals surface area contributed by atoms with Crippen LogP contribution in [-0.4, -0.2) is 29.4 Å². The van der Waals surface area contributed by atoms with E-state index in [0.717, 1.165) is 12.2 Å². The van der Waals surface area contributed by atoms with Gasteiger partial charge in [-0.1, -0.05) is 19.8 Å². The molecule has 0 spiro atoms. The molecule has 4 heteroatoms. The summed E-state index contributed by atoms with van der Waals surface area (Å²) in [5.41, 5.74) is 2.52. The molecule has 1 aromatic heterocycles. The van der Waals surface area contributed by atoms with E-state index < -0.39 is 0 Å². The molecule has 4 nitrogen and oxygen atoms in total. The second-order valence-electron chi connectivity index (χ2n) is 5.65. The molecule has 2 heterocycles. The maximum Gasteiger partial charge on any atom is 0.131 e. The molecule has 1 fully saturated rings. The lowest BCUT2D eigenvalue weighted by Crippen LogP contribution is -2.36. The van der Waals surface area contributed by atoms with Crippen LogP contribution in [-0.2, 0) is 13.6 Å². The summed E-state index contributed by atoms with van der Waals surface area (Å²) in [5, 5.41) is 7.93. The van der Waals surface area contributed by atoms with E-state index in [4.69, 9.17) is 0 Å². The first kappa shape index (κ1) is 14.4. The van der Waals surface area contributed by atoms with Crippen molar-refractivity contribution in [3.63, 3.8) is 0 Å². The Morgan fingerprint density at radius 3 is 2.79 bits per heavy atom. The molecule has 0 amide bonds. The summed E-state index contributed by atoms with van der Waals surface area (Å²) < 4.78 is 2.08. The molecule has 0 saturated carbocycles. The molecular formula is C15H28N4. The maximum absolute atomic E-state index is 4.64. The Balaban J connectivity index is 2.36. The lowest BCUT2D eigenvalue weighted by molar-refractivity contribution is 0.539. The fourth-order valence-corrected chi connectivity index (χ4v) is 3.31. The molecule has 1 aromatic rings. The van der Waals surface area contributed by atoms with Gasteiger partial charge in [0.1, 0.15) is 5.82 Å². The maximum atomic E-state index is 4.64.